The SMILES string of the molecule is CC(C)CCNC(=O)[C@H]1CCCN(C(=O)c2cc(-c3ccccn3)n[nH]2)C1. The summed E-state index contributed by atoms with van der Waals surface area (Å²) in [5.41, 5.74) is 1.78. The lowest BCUT2D eigenvalue weighted by Gasteiger charge is -2.31. The van der Waals surface area contributed by atoms with Gasteiger partial charge in [-0.2, -0.15) is 5.10 Å². The second kappa shape index (κ2) is 8.79. The predicted octanol–water partition coefficient (Wildman–Crippen LogP) is 2.49. The molecule has 0 unspecified atom stereocenters. The van der Waals surface area contributed by atoms with Crippen LogP contribution in [0.5, 0.6) is 0 Å². The van der Waals surface area contributed by atoms with E-state index >= 15 is 0 Å². The first-order valence-electron chi connectivity index (χ1n) is 9.58. The number of piperidine rings is 1. The summed E-state index contributed by atoms with van der Waals surface area (Å²) in [5, 5.41) is 10.0. The Morgan fingerprint density at radius 3 is 2.93 bits per heavy atom. The van der Waals surface area contributed by atoms with Gasteiger partial charge in [-0.05, 0) is 43.4 Å². The van der Waals surface area contributed by atoms with E-state index in [-0.39, 0.29) is 17.7 Å². The summed E-state index contributed by atoms with van der Waals surface area (Å²) >= 11 is 0. The molecule has 1 fully saturated rings. The van der Waals surface area contributed by atoms with Crippen LogP contribution in [-0.4, -0.2) is 51.5 Å². The molecule has 1 atom stereocenters. The lowest BCUT2D eigenvalue weighted by Crippen LogP contribution is -2.45. The van der Waals surface area contributed by atoms with Gasteiger partial charge in [-0.25, -0.2) is 0 Å². The van der Waals surface area contributed by atoms with Gasteiger partial charge in [0.1, 0.15) is 11.4 Å². The van der Waals surface area contributed by atoms with Crippen LogP contribution < -0.4 is 5.32 Å². The molecule has 2 aromatic heterocycles. The molecule has 0 aromatic carbocycles. The van der Waals surface area contributed by atoms with Gasteiger partial charge in [-0.1, -0.05) is 19.9 Å². The van der Waals surface area contributed by atoms with E-state index in [0.717, 1.165) is 19.3 Å². The van der Waals surface area contributed by atoms with Gasteiger partial charge in [0.2, 0.25) is 5.91 Å². The lowest BCUT2D eigenvalue weighted by molar-refractivity contribution is -0.126. The van der Waals surface area contributed by atoms with E-state index in [4.69, 9.17) is 0 Å². The number of aromatic amines is 1. The Balaban J connectivity index is 1.60. The van der Waals surface area contributed by atoms with Crippen molar-refractivity contribution < 1.29 is 9.59 Å². The van der Waals surface area contributed by atoms with Crippen LogP contribution in [0.3, 0.4) is 0 Å². The van der Waals surface area contributed by atoms with Gasteiger partial charge in [0.15, 0.2) is 0 Å². The van der Waals surface area contributed by atoms with E-state index in [1.807, 2.05) is 18.2 Å². The van der Waals surface area contributed by atoms with Crippen LogP contribution in [0.25, 0.3) is 11.4 Å². The van der Waals surface area contributed by atoms with Crippen LogP contribution in [0.1, 0.15) is 43.6 Å². The summed E-state index contributed by atoms with van der Waals surface area (Å²) in [5.74, 6) is 0.341. The second-order valence-electron chi connectivity index (χ2n) is 7.45. The fraction of sp³-hybridized carbons (Fsp3) is 0.500. The molecule has 1 saturated heterocycles. The largest absolute Gasteiger partial charge is 0.356 e. The summed E-state index contributed by atoms with van der Waals surface area (Å²) < 4.78 is 0. The number of H-pyrrole nitrogens is 1. The highest BCUT2D eigenvalue weighted by atomic mass is 16.2. The molecule has 3 heterocycles. The van der Waals surface area contributed by atoms with Crippen molar-refractivity contribution in [3.63, 3.8) is 0 Å². The smallest absolute Gasteiger partial charge is 0.271 e. The lowest BCUT2D eigenvalue weighted by atomic mass is 9.96. The molecule has 1 aliphatic rings. The fourth-order valence-electron chi connectivity index (χ4n) is 3.25. The first-order valence-corrected chi connectivity index (χ1v) is 9.58. The quantitative estimate of drug-likeness (QED) is 0.818. The number of hydrogen-bond donors (Lipinski definition) is 2. The van der Waals surface area contributed by atoms with E-state index in [2.05, 4.69) is 34.3 Å². The number of carbonyl (C=O) groups excluding carboxylic acids is 2. The minimum Gasteiger partial charge on any atom is -0.356 e. The Morgan fingerprint density at radius 1 is 1.33 bits per heavy atom. The average molecular weight is 369 g/mol. The molecule has 2 N–H and O–H groups in total. The van der Waals surface area contributed by atoms with Crippen molar-refractivity contribution in [3.8, 4) is 11.4 Å². The maximum atomic E-state index is 12.8. The Morgan fingerprint density at radius 2 is 2.19 bits per heavy atom. The molecular weight excluding hydrogens is 342 g/mol. The highest BCUT2D eigenvalue weighted by molar-refractivity contribution is 5.93. The third-order valence-corrected chi connectivity index (χ3v) is 4.84. The zero-order valence-electron chi connectivity index (χ0n) is 15.9. The highest BCUT2D eigenvalue weighted by Gasteiger charge is 2.29. The molecule has 0 radical (unpaired) electrons. The van der Waals surface area contributed by atoms with Crippen molar-refractivity contribution >= 4 is 11.8 Å². The number of amides is 2. The summed E-state index contributed by atoms with van der Waals surface area (Å²) in [7, 11) is 0. The van der Waals surface area contributed by atoms with Crippen LogP contribution in [0.2, 0.25) is 0 Å². The number of pyridine rings is 1. The van der Waals surface area contributed by atoms with Gasteiger partial charge >= 0.3 is 0 Å². The molecule has 1 aliphatic heterocycles. The van der Waals surface area contributed by atoms with Gasteiger partial charge in [0.05, 0.1) is 11.6 Å². The van der Waals surface area contributed by atoms with Crippen molar-refractivity contribution in [1.29, 1.82) is 0 Å². The van der Waals surface area contributed by atoms with Crippen LogP contribution in [0.4, 0.5) is 0 Å². The molecule has 0 saturated carbocycles. The van der Waals surface area contributed by atoms with Crippen LogP contribution in [-0.2, 0) is 4.79 Å². The van der Waals surface area contributed by atoms with Gasteiger partial charge in [0.25, 0.3) is 5.91 Å². The van der Waals surface area contributed by atoms with Gasteiger partial charge in [0, 0.05) is 25.8 Å². The molecule has 0 bridgehead atoms. The van der Waals surface area contributed by atoms with Crippen LogP contribution in [0.15, 0.2) is 30.5 Å². The third kappa shape index (κ3) is 4.93. The summed E-state index contributed by atoms with van der Waals surface area (Å²) in [6.07, 6.45) is 4.30. The highest BCUT2D eigenvalue weighted by Crippen LogP contribution is 2.20. The first-order chi connectivity index (χ1) is 13.0. The third-order valence-electron chi connectivity index (χ3n) is 4.84. The van der Waals surface area contributed by atoms with Crippen molar-refractivity contribution in [1.82, 2.24) is 25.4 Å². The average Bonchev–Trinajstić information content (AvgIpc) is 3.18. The molecule has 2 aromatic rings. The standard InChI is InChI=1S/C20H27N5O2/c1-14(2)8-10-22-19(26)15-6-5-11-25(13-15)20(27)18-12-17(23-24-18)16-7-3-4-9-21-16/h3-4,7,9,12,14-15H,5-6,8,10-11,13H2,1-2H3,(H,22,26)(H,23,24)/t15-/m0/s1. The zero-order valence-corrected chi connectivity index (χ0v) is 15.9. The van der Waals surface area contributed by atoms with Gasteiger partial charge in [-0.3, -0.25) is 19.7 Å². The summed E-state index contributed by atoms with van der Waals surface area (Å²) in [6, 6.07) is 7.29. The number of nitrogens with one attached hydrogen (secondary N) is 2. The van der Waals surface area contributed by atoms with Crippen LogP contribution >= 0.6 is 0 Å². The van der Waals surface area contributed by atoms with E-state index < -0.39 is 0 Å². The summed E-state index contributed by atoms with van der Waals surface area (Å²) in [4.78, 5) is 31.2. The van der Waals surface area contributed by atoms with Gasteiger partial charge in [-0.15, -0.1) is 0 Å². The number of aromatic nitrogens is 3. The molecule has 7 nitrogen and oxygen atoms in total. The molecule has 144 valence electrons. The monoisotopic (exact) mass is 369 g/mol. The molecule has 0 spiro atoms. The summed E-state index contributed by atoms with van der Waals surface area (Å²) in [6.45, 7) is 6.07. The number of hydrogen-bond acceptors (Lipinski definition) is 4. The maximum Gasteiger partial charge on any atom is 0.271 e. The van der Waals surface area contributed by atoms with E-state index in [1.165, 1.54) is 0 Å². The van der Waals surface area contributed by atoms with Gasteiger partial charge < -0.3 is 10.2 Å². The molecule has 7 heteroatoms. The van der Waals surface area contributed by atoms with Crippen molar-refractivity contribution in [2.24, 2.45) is 11.8 Å². The normalized spacial score (nSPS) is 17.1. The molecule has 27 heavy (non-hydrogen) atoms. The molecule has 3 rings (SSSR count). The minimum absolute atomic E-state index is 0.0481. The van der Waals surface area contributed by atoms with Crippen LogP contribution in [0, 0.1) is 11.8 Å². The Hall–Kier alpha value is -2.70. The molecule has 0 aliphatic carbocycles. The van der Waals surface area contributed by atoms with Crippen molar-refractivity contribution in [2.75, 3.05) is 19.6 Å². The number of rotatable bonds is 6. The predicted molar refractivity (Wildman–Crippen MR) is 103 cm³/mol. The fourth-order valence-corrected chi connectivity index (χ4v) is 3.25. The van der Waals surface area contributed by atoms with Crippen molar-refractivity contribution in [2.45, 2.75) is 33.1 Å². The molecular formula is C20H27N5O2. The van der Waals surface area contributed by atoms with E-state index in [9.17, 15) is 9.59 Å². The maximum absolute atomic E-state index is 12.8. The van der Waals surface area contributed by atoms with E-state index in [1.54, 1.807) is 17.2 Å². The number of carbonyl (C=O) groups is 2. The topological polar surface area (TPSA) is 91.0 Å². The van der Waals surface area contributed by atoms with E-state index in [0.29, 0.717) is 42.6 Å². The Labute approximate surface area is 159 Å². The number of likely N-dealkylation sites (tertiary alicyclic amines) is 1. The molecule has 2 amide bonds. The van der Waals surface area contributed by atoms with Crippen molar-refractivity contribution in [3.05, 3.63) is 36.2 Å². The minimum atomic E-state index is -0.145. The second-order valence-corrected chi connectivity index (χ2v) is 7.45. The number of nitrogens with zero attached hydrogens (tertiary/aromatic N) is 3. The Bertz CT molecular complexity index is 772. The Kier molecular flexibility index (Phi) is 6.21. The first kappa shape index (κ1) is 19.1. The zero-order chi connectivity index (χ0) is 19.2.